The van der Waals surface area contributed by atoms with Crippen LogP contribution in [0.3, 0.4) is 0 Å². The van der Waals surface area contributed by atoms with Crippen molar-refractivity contribution in [2.24, 2.45) is 5.92 Å². The van der Waals surface area contributed by atoms with Gasteiger partial charge in [-0.2, -0.15) is 0 Å². The number of halogens is 2. The second-order valence-electron chi connectivity index (χ2n) is 10.3. The van der Waals surface area contributed by atoms with Crippen LogP contribution in [0.15, 0.2) is 53.1 Å². The second kappa shape index (κ2) is 14.2. The summed E-state index contributed by atoms with van der Waals surface area (Å²) < 4.78 is 46.2. The fourth-order valence-electron chi connectivity index (χ4n) is 4.09. The predicted octanol–water partition coefficient (Wildman–Crippen LogP) is 3.96. The summed E-state index contributed by atoms with van der Waals surface area (Å²) in [6.07, 6.45) is -6.24. The highest BCUT2D eigenvalue weighted by molar-refractivity contribution is 5.96. The normalized spacial score (nSPS) is 14.6. The lowest BCUT2D eigenvalue weighted by Crippen LogP contribution is -2.46. The summed E-state index contributed by atoms with van der Waals surface area (Å²) in [6, 6.07) is 12.9. The molecule has 1 aliphatic heterocycles. The Kier molecular flexibility index (Phi) is 10.5. The number of benzene rings is 2. The van der Waals surface area contributed by atoms with Crippen LogP contribution in [0.1, 0.15) is 47.6 Å². The van der Waals surface area contributed by atoms with E-state index in [4.69, 9.17) is 18.9 Å². The molecule has 0 fully saturated rings. The minimum Gasteiger partial charge on any atom is -0.395 e. The van der Waals surface area contributed by atoms with E-state index in [0.717, 1.165) is 5.56 Å². The number of rotatable bonds is 14. The van der Waals surface area contributed by atoms with E-state index in [-0.39, 0.29) is 54.1 Å². The van der Waals surface area contributed by atoms with E-state index in [9.17, 15) is 23.2 Å². The molecule has 15 heteroatoms. The molecule has 3 N–H and O–H groups in total. The van der Waals surface area contributed by atoms with Crippen LogP contribution < -0.4 is 25.8 Å². The molecule has 1 aromatic heterocycles. The van der Waals surface area contributed by atoms with Crippen LogP contribution in [-0.4, -0.2) is 48.0 Å². The zero-order valence-corrected chi connectivity index (χ0v) is 24.3. The van der Waals surface area contributed by atoms with Gasteiger partial charge < -0.3 is 24.1 Å². The van der Waals surface area contributed by atoms with E-state index in [1.54, 1.807) is 13.8 Å². The maximum atomic E-state index is 13.4. The van der Waals surface area contributed by atoms with Gasteiger partial charge in [-0.1, -0.05) is 49.3 Å². The summed E-state index contributed by atoms with van der Waals surface area (Å²) in [4.78, 5) is 49.7. The van der Waals surface area contributed by atoms with Gasteiger partial charge in [0, 0.05) is 11.8 Å². The van der Waals surface area contributed by atoms with Gasteiger partial charge in [-0.15, -0.1) is 8.78 Å². The molecule has 3 aromatic rings. The van der Waals surface area contributed by atoms with Crippen LogP contribution >= 0.6 is 0 Å². The summed E-state index contributed by atoms with van der Waals surface area (Å²) in [5.74, 6) is -2.45. The van der Waals surface area contributed by atoms with Crippen molar-refractivity contribution in [2.45, 2.75) is 59.2 Å². The molecule has 0 aliphatic carbocycles. The number of nitrogens with one attached hydrogen (secondary N) is 3. The van der Waals surface area contributed by atoms with Crippen LogP contribution in [-0.2, 0) is 30.6 Å². The number of hydrogen-bond donors (Lipinski definition) is 3. The Labute approximate surface area is 251 Å². The lowest BCUT2D eigenvalue weighted by Gasteiger charge is -2.22. The van der Waals surface area contributed by atoms with E-state index in [2.05, 4.69) is 30.9 Å². The molecule has 0 saturated carbocycles. The Morgan fingerprint density at radius 3 is 2.32 bits per heavy atom. The second-order valence-corrected chi connectivity index (χ2v) is 10.3. The highest BCUT2D eigenvalue weighted by Crippen LogP contribution is 2.42. The number of carbonyl (C=O) groups is 3. The third kappa shape index (κ3) is 8.72. The van der Waals surface area contributed by atoms with Crippen LogP contribution in [0.5, 0.6) is 11.5 Å². The molecule has 1 aliphatic rings. The summed E-state index contributed by atoms with van der Waals surface area (Å²) in [5, 5.41) is 6.28. The fourth-order valence-corrected chi connectivity index (χ4v) is 4.09. The fraction of sp³-hybridized carbons (Fsp3) is 0.379. The van der Waals surface area contributed by atoms with E-state index >= 15 is 0 Å². The molecule has 0 saturated heterocycles. The average molecular weight is 619 g/mol. The van der Waals surface area contributed by atoms with Gasteiger partial charge in [0.1, 0.15) is 11.3 Å². The highest BCUT2D eigenvalue weighted by atomic mass is 19.3. The maximum absolute atomic E-state index is 13.4. The topological polar surface area (TPSA) is 159 Å². The number of hydrogen-bond acceptors (Lipinski definition) is 10. The van der Waals surface area contributed by atoms with Gasteiger partial charge in [0.15, 0.2) is 23.7 Å². The monoisotopic (exact) mass is 618 g/mol. The average Bonchev–Trinajstić information content (AvgIpc) is 3.47. The molecule has 0 bridgehead atoms. The van der Waals surface area contributed by atoms with Crippen molar-refractivity contribution in [3.63, 3.8) is 0 Å². The zero-order chi connectivity index (χ0) is 31.9. The number of aromatic nitrogens is 1. The molecule has 2 heterocycles. The molecule has 4 rings (SSSR count). The first-order chi connectivity index (χ1) is 20.9. The zero-order valence-electron chi connectivity index (χ0n) is 24.3. The number of fused-ring (bicyclic) bond motifs is 1. The third-order valence-electron chi connectivity index (χ3n) is 6.18. The van der Waals surface area contributed by atoms with Crippen molar-refractivity contribution in [1.82, 2.24) is 16.1 Å². The minimum absolute atomic E-state index is 0.0475. The van der Waals surface area contributed by atoms with Gasteiger partial charge in [0.2, 0.25) is 0 Å². The minimum atomic E-state index is -3.81. The molecule has 0 unspecified atom stereocenters. The molecule has 44 heavy (non-hydrogen) atoms. The molecule has 0 spiro atoms. The number of aryl methyl sites for hydroxylation is 2. The lowest BCUT2D eigenvalue weighted by molar-refractivity contribution is -0.286. The molecule has 2 atom stereocenters. The van der Waals surface area contributed by atoms with Gasteiger partial charge in [0.05, 0.1) is 18.9 Å². The first-order valence-corrected chi connectivity index (χ1v) is 13.6. The molecule has 0 radical (unpaired) electrons. The Hall–Kier alpha value is -4.60. The molecule has 2 aromatic carbocycles. The van der Waals surface area contributed by atoms with Gasteiger partial charge in [-0.25, -0.2) is 11.0 Å². The quantitative estimate of drug-likeness (QED) is 0.226. The Bertz CT molecular complexity index is 1450. The SMILES string of the molecule is Cc1noc(C)c1C(=O)NO[C@H](COCc1ccccc1)C(=O)NO[C@@H](CC(C)C)C(=O)Nc1ccc2c(c1)OC(F)(F)O2. The van der Waals surface area contributed by atoms with Crippen LogP contribution in [0.2, 0.25) is 0 Å². The van der Waals surface area contributed by atoms with Crippen molar-refractivity contribution >= 4 is 23.4 Å². The third-order valence-corrected chi connectivity index (χ3v) is 6.18. The highest BCUT2D eigenvalue weighted by Gasteiger charge is 2.43. The van der Waals surface area contributed by atoms with Crippen molar-refractivity contribution in [3.05, 3.63) is 71.1 Å². The van der Waals surface area contributed by atoms with Crippen molar-refractivity contribution < 1.29 is 51.6 Å². The lowest BCUT2D eigenvalue weighted by atomic mass is 10.1. The van der Waals surface area contributed by atoms with E-state index in [0.29, 0.717) is 5.69 Å². The number of carbonyl (C=O) groups excluding carboxylic acids is 3. The number of hydroxylamine groups is 2. The summed E-state index contributed by atoms with van der Waals surface area (Å²) in [7, 11) is 0. The number of anilines is 1. The van der Waals surface area contributed by atoms with E-state index in [1.807, 2.05) is 44.2 Å². The van der Waals surface area contributed by atoms with Crippen LogP contribution in [0, 0.1) is 19.8 Å². The van der Waals surface area contributed by atoms with E-state index in [1.165, 1.54) is 18.2 Å². The molecule has 3 amide bonds. The smallest absolute Gasteiger partial charge is 0.395 e. The Balaban J connectivity index is 1.39. The number of amides is 3. The van der Waals surface area contributed by atoms with Crippen molar-refractivity contribution in [2.75, 3.05) is 11.9 Å². The van der Waals surface area contributed by atoms with Crippen LogP contribution in [0.4, 0.5) is 14.5 Å². The largest absolute Gasteiger partial charge is 0.586 e. The van der Waals surface area contributed by atoms with Gasteiger partial charge in [0.25, 0.3) is 17.7 Å². The first-order valence-electron chi connectivity index (χ1n) is 13.6. The Morgan fingerprint density at radius 1 is 0.932 bits per heavy atom. The number of ether oxygens (including phenoxy) is 3. The standard InChI is InChI=1S/C29H32F2N4O9/c1-16(2)12-23(26(36)32-20-10-11-21-22(13-20)41-29(30,31)40-21)43-34-27(37)24(15-39-14-19-8-6-5-7-9-19)44-35-28(38)25-17(3)33-42-18(25)4/h5-11,13,16,23-24H,12,14-15H2,1-4H3,(H,32,36)(H,34,37)(H,35,38)/t23-,24+/m0/s1. The molecule has 236 valence electrons. The predicted molar refractivity (Wildman–Crippen MR) is 148 cm³/mol. The van der Waals surface area contributed by atoms with Crippen molar-refractivity contribution in [3.8, 4) is 11.5 Å². The van der Waals surface area contributed by atoms with E-state index < -0.39 is 36.2 Å². The summed E-state index contributed by atoms with van der Waals surface area (Å²) >= 11 is 0. The summed E-state index contributed by atoms with van der Waals surface area (Å²) in [5.41, 5.74) is 5.86. The maximum Gasteiger partial charge on any atom is 0.586 e. The molecular formula is C29H32F2N4O9. The van der Waals surface area contributed by atoms with Crippen molar-refractivity contribution in [1.29, 1.82) is 0 Å². The van der Waals surface area contributed by atoms with Gasteiger partial charge >= 0.3 is 6.29 Å². The molecule has 13 nitrogen and oxygen atoms in total. The number of alkyl halides is 2. The Morgan fingerprint density at radius 2 is 1.64 bits per heavy atom. The first kappa shape index (κ1) is 32.3. The van der Waals surface area contributed by atoms with Gasteiger partial charge in [-0.05, 0) is 43.9 Å². The molecular weight excluding hydrogens is 586 g/mol. The summed E-state index contributed by atoms with van der Waals surface area (Å²) in [6.45, 7) is 6.64. The van der Waals surface area contributed by atoms with Gasteiger partial charge in [-0.3, -0.25) is 24.1 Å². The number of nitrogens with zero attached hydrogens (tertiary/aromatic N) is 1. The van der Waals surface area contributed by atoms with Crippen LogP contribution in [0.25, 0.3) is 0 Å².